The number of para-hydroxylation sites is 2. The Balaban J connectivity index is 1.04. The minimum atomic E-state index is -0.403. The lowest BCUT2D eigenvalue weighted by Gasteiger charge is -2.30. The minimum Gasteiger partial charge on any atom is -0.455 e. The zero-order valence-electron chi connectivity index (χ0n) is 29.8. The summed E-state index contributed by atoms with van der Waals surface area (Å²) in [6, 6.07) is 69.3. The summed E-state index contributed by atoms with van der Waals surface area (Å²) in [6.45, 7) is 0. The molecule has 55 heavy (non-hydrogen) atoms. The topological polar surface area (TPSA) is 18.1 Å². The normalized spacial score (nSPS) is 13.6. The van der Waals surface area contributed by atoms with E-state index in [0.29, 0.717) is 0 Å². The molecule has 0 atom stereocenters. The lowest BCUT2D eigenvalue weighted by molar-refractivity contribution is 0.667. The molecule has 2 nitrogen and oxygen atoms in total. The molecule has 13 rings (SSSR count). The molecule has 2 aliphatic carbocycles. The molecule has 0 aliphatic heterocycles. The molecule has 0 saturated carbocycles. The van der Waals surface area contributed by atoms with Crippen LogP contribution in [0.1, 0.15) is 22.3 Å². The van der Waals surface area contributed by atoms with Crippen molar-refractivity contribution in [3.8, 4) is 39.1 Å². The van der Waals surface area contributed by atoms with Gasteiger partial charge < -0.3 is 8.98 Å². The van der Waals surface area contributed by atoms with Crippen molar-refractivity contribution in [2.75, 3.05) is 0 Å². The number of nitrogens with zero attached hydrogens (tertiary/aromatic N) is 1. The Morgan fingerprint density at radius 1 is 0.364 bits per heavy atom. The van der Waals surface area contributed by atoms with Gasteiger partial charge in [0.2, 0.25) is 0 Å². The van der Waals surface area contributed by atoms with Crippen molar-refractivity contribution in [2.24, 2.45) is 0 Å². The Kier molecular flexibility index (Phi) is 5.59. The third-order valence-electron chi connectivity index (χ3n) is 12.6. The van der Waals surface area contributed by atoms with Crippen LogP contribution in [0.2, 0.25) is 0 Å². The zero-order valence-corrected chi connectivity index (χ0v) is 29.8. The summed E-state index contributed by atoms with van der Waals surface area (Å²) in [5.41, 5.74) is 17.8. The first-order valence-electron chi connectivity index (χ1n) is 19.1. The third-order valence-corrected chi connectivity index (χ3v) is 12.6. The summed E-state index contributed by atoms with van der Waals surface area (Å²) in [4.78, 5) is 0. The lowest BCUT2D eigenvalue weighted by Crippen LogP contribution is -2.25. The molecule has 0 unspecified atom stereocenters. The van der Waals surface area contributed by atoms with Crippen molar-refractivity contribution in [3.63, 3.8) is 0 Å². The molecule has 9 aromatic carbocycles. The summed E-state index contributed by atoms with van der Waals surface area (Å²) in [7, 11) is 0. The van der Waals surface area contributed by atoms with Gasteiger partial charge in [0.05, 0.1) is 16.4 Å². The summed E-state index contributed by atoms with van der Waals surface area (Å²) in [5, 5.41) is 7.24. The highest BCUT2D eigenvalue weighted by atomic mass is 16.3. The molecule has 2 aromatic heterocycles. The van der Waals surface area contributed by atoms with Gasteiger partial charge in [0, 0.05) is 32.8 Å². The van der Waals surface area contributed by atoms with Crippen molar-refractivity contribution >= 4 is 54.5 Å². The van der Waals surface area contributed by atoms with E-state index in [-0.39, 0.29) is 0 Å². The van der Waals surface area contributed by atoms with Crippen LogP contribution >= 0.6 is 0 Å². The number of hydrogen-bond acceptors (Lipinski definition) is 1. The van der Waals surface area contributed by atoms with E-state index < -0.39 is 5.41 Å². The van der Waals surface area contributed by atoms with E-state index in [2.05, 4.69) is 193 Å². The minimum absolute atomic E-state index is 0.403. The molecule has 0 radical (unpaired) electrons. The van der Waals surface area contributed by atoms with Crippen molar-refractivity contribution in [2.45, 2.75) is 5.41 Å². The van der Waals surface area contributed by atoms with Gasteiger partial charge in [0.15, 0.2) is 0 Å². The molecule has 1 spiro atoms. The van der Waals surface area contributed by atoms with E-state index in [1.165, 1.54) is 77.1 Å². The largest absolute Gasteiger partial charge is 0.455 e. The molecule has 0 saturated heterocycles. The SMILES string of the molecule is c1ccc2c(c1)-c1ccccc1C21c2ccccc2-c2cc3c(cc21)oc1c(-c2ccc4c(c2)c2ccccc2n4-c2ccc4ccccc4c2)cccc13. The van der Waals surface area contributed by atoms with Crippen molar-refractivity contribution in [1.29, 1.82) is 0 Å². The van der Waals surface area contributed by atoms with Gasteiger partial charge in [-0.05, 0) is 103 Å². The molecule has 2 heteroatoms. The molecule has 0 bridgehead atoms. The predicted octanol–water partition coefficient (Wildman–Crippen LogP) is 13.8. The summed E-state index contributed by atoms with van der Waals surface area (Å²) in [5.74, 6) is 0. The quantitative estimate of drug-likeness (QED) is 0.176. The lowest BCUT2D eigenvalue weighted by atomic mass is 9.70. The third kappa shape index (κ3) is 3.69. The zero-order chi connectivity index (χ0) is 35.8. The first kappa shape index (κ1) is 29.3. The number of hydrogen-bond donors (Lipinski definition) is 0. The molecular formula is C53H31NO. The molecule has 0 N–H and O–H groups in total. The fraction of sp³-hybridized carbons (Fsp3) is 0.0189. The van der Waals surface area contributed by atoms with Gasteiger partial charge >= 0.3 is 0 Å². The van der Waals surface area contributed by atoms with E-state index in [1.54, 1.807) is 0 Å². The Morgan fingerprint density at radius 2 is 0.982 bits per heavy atom. The Labute approximate surface area is 317 Å². The van der Waals surface area contributed by atoms with Crippen LogP contribution in [-0.4, -0.2) is 4.57 Å². The first-order chi connectivity index (χ1) is 27.3. The Hall–Kier alpha value is -7.16. The van der Waals surface area contributed by atoms with Gasteiger partial charge in [-0.15, -0.1) is 0 Å². The Bertz CT molecular complexity index is 3400. The van der Waals surface area contributed by atoms with Crippen LogP contribution in [0, 0.1) is 0 Å². The summed E-state index contributed by atoms with van der Waals surface area (Å²) >= 11 is 0. The van der Waals surface area contributed by atoms with Gasteiger partial charge in [-0.1, -0.05) is 146 Å². The van der Waals surface area contributed by atoms with Crippen molar-refractivity contribution in [3.05, 3.63) is 210 Å². The maximum absolute atomic E-state index is 7.05. The van der Waals surface area contributed by atoms with Crippen LogP contribution in [0.3, 0.4) is 0 Å². The van der Waals surface area contributed by atoms with Gasteiger partial charge in [-0.3, -0.25) is 0 Å². The van der Waals surface area contributed by atoms with E-state index in [9.17, 15) is 0 Å². The average molecular weight is 698 g/mol. The molecular weight excluding hydrogens is 667 g/mol. The molecule has 0 fully saturated rings. The fourth-order valence-corrected chi connectivity index (χ4v) is 10.3. The molecule has 2 heterocycles. The van der Waals surface area contributed by atoms with Gasteiger partial charge in [0.1, 0.15) is 11.2 Å². The summed E-state index contributed by atoms with van der Waals surface area (Å²) < 4.78 is 9.45. The number of benzene rings is 9. The number of aromatic nitrogens is 1. The number of rotatable bonds is 2. The molecule has 11 aromatic rings. The van der Waals surface area contributed by atoms with Gasteiger partial charge in [0.25, 0.3) is 0 Å². The van der Waals surface area contributed by atoms with Crippen molar-refractivity contribution < 1.29 is 4.42 Å². The van der Waals surface area contributed by atoms with Crippen LogP contribution in [0.15, 0.2) is 192 Å². The van der Waals surface area contributed by atoms with Crippen LogP contribution in [0.4, 0.5) is 0 Å². The maximum Gasteiger partial charge on any atom is 0.143 e. The fourth-order valence-electron chi connectivity index (χ4n) is 10.3. The standard InChI is InChI=1S/C53H31NO/c1-2-13-33-28-35(26-24-32(33)12-1)54-49-23-10-6-17-40(49)43-29-34(25-27-50(43)54)36-18-11-19-41-44-30-42-39-16-5-9-22-47(39)53(48(42)31-51(44)55-52(36)41)45-20-7-3-14-37(45)38-15-4-8-21-46(38)53/h1-31H. The van der Waals surface area contributed by atoms with E-state index in [0.717, 1.165) is 38.8 Å². The average Bonchev–Trinajstić information content (AvgIpc) is 3.96. The maximum atomic E-state index is 7.05. The monoisotopic (exact) mass is 697 g/mol. The van der Waals surface area contributed by atoms with E-state index in [4.69, 9.17) is 4.42 Å². The number of furan rings is 1. The Morgan fingerprint density at radius 3 is 1.76 bits per heavy atom. The highest BCUT2D eigenvalue weighted by Crippen LogP contribution is 2.63. The first-order valence-corrected chi connectivity index (χ1v) is 19.1. The smallest absolute Gasteiger partial charge is 0.143 e. The highest BCUT2D eigenvalue weighted by Gasteiger charge is 2.51. The predicted molar refractivity (Wildman–Crippen MR) is 227 cm³/mol. The second-order valence-electron chi connectivity index (χ2n) is 15.2. The van der Waals surface area contributed by atoms with E-state index >= 15 is 0 Å². The van der Waals surface area contributed by atoms with Crippen LogP contribution in [0.25, 0.3) is 93.6 Å². The van der Waals surface area contributed by atoms with Gasteiger partial charge in [-0.25, -0.2) is 0 Å². The second-order valence-corrected chi connectivity index (χ2v) is 15.2. The molecule has 2 aliphatic rings. The summed E-state index contributed by atoms with van der Waals surface area (Å²) in [6.07, 6.45) is 0. The number of fused-ring (bicyclic) bond motifs is 17. The molecule has 254 valence electrons. The van der Waals surface area contributed by atoms with Crippen LogP contribution < -0.4 is 0 Å². The van der Waals surface area contributed by atoms with Crippen LogP contribution in [0.5, 0.6) is 0 Å². The second kappa shape index (κ2) is 10.5. The van der Waals surface area contributed by atoms with Crippen molar-refractivity contribution in [1.82, 2.24) is 4.57 Å². The molecule has 0 amide bonds. The van der Waals surface area contributed by atoms with Crippen LogP contribution in [-0.2, 0) is 5.41 Å². The van der Waals surface area contributed by atoms with E-state index in [1.807, 2.05) is 0 Å². The highest BCUT2D eigenvalue weighted by molar-refractivity contribution is 6.14. The van der Waals surface area contributed by atoms with Gasteiger partial charge in [-0.2, -0.15) is 0 Å².